The van der Waals surface area contributed by atoms with Crippen LogP contribution in [0.1, 0.15) is 15.9 Å². The van der Waals surface area contributed by atoms with Crippen LogP contribution in [0.3, 0.4) is 0 Å². The fraction of sp³-hybridized carbons (Fsp3) is 0.125. The van der Waals surface area contributed by atoms with E-state index in [1.54, 1.807) is 0 Å². The van der Waals surface area contributed by atoms with Gasteiger partial charge in [-0.2, -0.15) is 0 Å². The molecule has 2 aromatic carbocycles. The number of rotatable bonds is 3. The number of carbonyl (C=O) groups is 2. The third-order valence-corrected chi connectivity index (χ3v) is 3.59. The van der Waals surface area contributed by atoms with E-state index in [9.17, 15) is 18.4 Å². The number of nitrogens with zero attached hydrogens (tertiary/aromatic N) is 1. The van der Waals surface area contributed by atoms with Gasteiger partial charge in [-0.3, -0.25) is 14.8 Å². The number of nitrogens with one attached hydrogen (secondary N) is 1. The number of amides is 2. The van der Waals surface area contributed by atoms with E-state index in [2.05, 4.69) is 0 Å². The molecule has 0 aromatic heterocycles. The van der Waals surface area contributed by atoms with Crippen molar-refractivity contribution >= 4 is 17.5 Å². The van der Waals surface area contributed by atoms with Gasteiger partial charge in [0.1, 0.15) is 5.75 Å². The molecule has 0 spiro atoms. The van der Waals surface area contributed by atoms with Crippen molar-refractivity contribution in [1.82, 2.24) is 5.48 Å². The minimum absolute atomic E-state index is 0.0173. The van der Waals surface area contributed by atoms with Gasteiger partial charge < -0.3 is 9.64 Å². The topological polar surface area (TPSA) is 78.9 Å². The molecule has 0 saturated heterocycles. The average molecular weight is 334 g/mol. The highest BCUT2D eigenvalue weighted by atomic mass is 19.2. The van der Waals surface area contributed by atoms with Crippen molar-refractivity contribution in [3.8, 4) is 5.75 Å². The van der Waals surface area contributed by atoms with Crippen LogP contribution in [-0.2, 0) is 11.3 Å². The van der Waals surface area contributed by atoms with Crippen molar-refractivity contribution in [2.45, 2.75) is 6.54 Å². The predicted molar refractivity (Wildman–Crippen MR) is 78.7 cm³/mol. The number of carbonyl (C=O) groups excluding carboxylic acids is 2. The van der Waals surface area contributed by atoms with Crippen LogP contribution in [0.25, 0.3) is 0 Å². The van der Waals surface area contributed by atoms with Gasteiger partial charge in [-0.15, -0.1) is 0 Å². The first-order chi connectivity index (χ1) is 11.5. The molecule has 0 bridgehead atoms. The second-order valence-electron chi connectivity index (χ2n) is 5.14. The minimum atomic E-state index is -1.01. The van der Waals surface area contributed by atoms with Crippen molar-refractivity contribution in [2.75, 3.05) is 11.5 Å². The Bertz CT molecular complexity index is 826. The number of fused-ring (bicyclic) bond motifs is 1. The maximum atomic E-state index is 13.4. The number of hydroxylamine groups is 1. The molecule has 2 N–H and O–H groups in total. The van der Waals surface area contributed by atoms with Gasteiger partial charge in [0.05, 0.1) is 12.2 Å². The van der Waals surface area contributed by atoms with Gasteiger partial charge in [0.25, 0.3) is 11.8 Å². The number of halogens is 2. The lowest BCUT2D eigenvalue weighted by Gasteiger charge is -2.29. The van der Waals surface area contributed by atoms with Gasteiger partial charge in [0.15, 0.2) is 18.2 Å². The van der Waals surface area contributed by atoms with Crippen molar-refractivity contribution in [2.24, 2.45) is 0 Å². The molecule has 124 valence electrons. The van der Waals surface area contributed by atoms with Gasteiger partial charge in [0.2, 0.25) is 0 Å². The van der Waals surface area contributed by atoms with E-state index in [0.717, 1.165) is 12.1 Å². The zero-order valence-electron chi connectivity index (χ0n) is 12.3. The van der Waals surface area contributed by atoms with Crippen LogP contribution in [0.5, 0.6) is 5.75 Å². The minimum Gasteiger partial charge on any atom is -0.482 e. The molecule has 0 aliphatic carbocycles. The Hall–Kier alpha value is -3.00. The van der Waals surface area contributed by atoms with Crippen molar-refractivity contribution < 1.29 is 28.3 Å². The molecule has 0 radical (unpaired) electrons. The summed E-state index contributed by atoms with van der Waals surface area (Å²) in [6.45, 7) is -0.223. The molecule has 1 heterocycles. The van der Waals surface area contributed by atoms with E-state index in [0.29, 0.717) is 17.0 Å². The summed E-state index contributed by atoms with van der Waals surface area (Å²) in [5.41, 5.74) is 2.30. The van der Waals surface area contributed by atoms with E-state index in [1.807, 2.05) is 0 Å². The molecule has 0 atom stereocenters. The summed E-state index contributed by atoms with van der Waals surface area (Å²) in [6.07, 6.45) is 0. The van der Waals surface area contributed by atoms with Crippen molar-refractivity contribution in [3.05, 3.63) is 59.2 Å². The molecule has 1 aliphatic rings. The molecule has 24 heavy (non-hydrogen) atoms. The molecular formula is C16H12F2N2O4. The average Bonchev–Trinajstić information content (AvgIpc) is 2.59. The van der Waals surface area contributed by atoms with E-state index >= 15 is 0 Å². The number of ether oxygens (including phenoxy) is 1. The summed E-state index contributed by atoms with van der Waals surface area (Å²) < 4.78 is 31.7. The fourth-order valence-electron chi connectivity index (χ4n) is 2.40. The SMILES string of the molecule is O=C(NO)c1ccc2c(c1)N(Cc1ccc(F)c(F)c1)C(=O)CO2. The quantitative estimate of drug-likeness (QED) is 0.665. The lowest BCUT2D eigenvalue weighted by Crippen LogP contribution is -2.38. The monoisotopic (exact) mass is 334 g/mol. The zero-order chi connectivity index (χ0) is 17.3. The fourth-order valence-corrected chi connectivity index (χ4v) is 2.40. The first-order valence-electron chi connectivity index (χ1n) is 6.95. The Balaban J connectivity index is 1.97. The Labute approximate surface area is 135 Å². The Morgan fingerprint density at radius 1 is 1.21 bits per heavy atom. The van der Waals surface area contributed by atoms with Gasteiger partial charge >= 0.3 is 0 Å². The second kappa shape index (κ2) is 6.25. The van der Waals surface area contributed by atoms with Crippen LogP contribution in [0, 0.1) is 11.6 Å². The van der Waals surface area contributed by atoms with Crippen LogP contribution in [0.4, 0.5) is 14.5 Å². The maximum Gasteiger partial charge on any atom is 0.274 e. The van der Waals surface area contributed by atoms with Crippen LogP contribution in [-0.4, -0.2) is 23.6 Å². The molecule has 0 unspecified atom stereocenters. The number of benzene rings is 2. The molecule has 6 nitrogen and oxygen atoms in total. The van der Waals surface area contributed by atoms with Gasteiger partial charge in [-0.05, 0) is 35.9 Å². The van der Waals surface area contributed by atoms with E-state index < -0.39 is 23.4 Å². The molecule has 2 aromatic rings. The molecular weight excluding hydrogens is 322 g/mol. The summed E-state index contributed by atoms with van der Waals surface area (Å²) in [4.78, 5) is 25.0. The van der Waals surface area contributed by atoms with Crippen LogP contribution in [0.2, 0.25) is 0 Å². The van der Waals surface area contributed by atoms with Gasteiger partial charge in [-0.25, -0.2) is 14.3 Å². The summed E-state index contributed by atoms with van der Waals surface area (Å²) in [7, 11) is 0. The molecule has 8 heteroatoms. The highest BCUT2D eigenvalue weighted by Crippen LogP contribution is 2.34. The van der Waals surface area contributed by atoms with E-state index in [-0.39, 0.29) is 18.7 Å². The standard InChI is InChI=1S/C16H12F2N2O4/c17-11-3-1-9(5-12(11)18)7-20-13-6-10(16(22)19-23)2-4-14(13)24-8-15(20)21/h1-6,23H,7-8H2,(H,19,22). The third kappa shape index (κ3) is 2.91. The first kappa shape index (κ1) is 15.9. The second-order valence-corrected chi connectivity index (χ2v) is 5.14. The van der Waals surface area contributed by atoms with Crippen molar-refractivity contribution in [3.63, 3.8) is 0 Å². The highest BCUT2D eigenvalue weighted by molar-refractivity contribution is 6.00. The molecule has 2 amide bonds. The Morgan fingerprint density at radius 3 is 2.71 bits per heavy atom. The lowest BCUT2D eigenvalue weighted by atomic mass is 10.1. The smallest absolute Gasteiger partial charge is 0.274 e. The number of hydrogen-bond donors (Lipinski definition) is 2. The van der Waals surface area contributed by atoms with Crippen LogP contribution < -0.4 is 15.1 Å². The molecule has 0 fully saturated rings. The summed E-state index contributed by atoms with van der Waals surface area (Å²) >= 11 is 0. The molecule has 1 aliphatic heterocycles. The van der Waals surface area contributed by atoms with Gasteiger partial charge in [0, 0.05) is 5.56 Å². The first-order valence-corrected chi connectivity index (χ1v) is 6.95. The predicted octanol–water partition coefficient (Wildman–Crippen LogP) is 2.01. The van der Waals surface area contributed by atoms with Crippen LogP contribution in [0.15, 0.2) is 36.4 Å². The van der Waals surface area contributed by atoms with E-state index in [1.165, 1.54) is 34.6 Å². The zero-order valence-corrected chi connectivity index (χ0v) is 12.3. The molecule has 3 rings (SSSR count). The van der Waals surface area contributed by atoms with Crippen molar-refractivity contribution in [1.29, 1.82) is 0 Å². The summed E-state index contributed by atoms with van der Waals surface area (Å²) in [5.74, 6) is -2.76. The van der Waals surface area contributed by atoms with Gasteiger partial charge in [-0.1, -0.05) is 6.07 Å². The summed E-state index contributed by atoms with van der Waals surface area (Å²) in [6, 6.07) is 7.64. The maximum absolute atomic E-state index is 13.4. The molecule has 0 saturated carbocycles. The normalized spacial score (nSPS) is 13.3. The Kier molecular flexibility index (Phi) is 4.13. The van der Waals surface area contributed by atoms with Crippen LogP contribution >= 0.6 is 0 Å². The summed E-state index contributed by atoms with van der Waals surface area (Å²) in [5, 5.41) is 8.71. The third-order valence-electron chi connectivity index (χ3n) is 3.59. The highest BCUT2D eigenvalue weighted by Gasteiger charge is 2.27. The number of hydrogen-bond acceptors (Lipinski definition) is 4. The Morgan fingerprint density at radius 2 is 2.00 bits per heavy atom. The van der Waals surface area contributed by atoms with E-state index in [4.69, 9.17) is 9.94 Å². The lowest BCUT2D eigenvalue weighted by molar-refractivity contribution is -0.121. The number of anilines is 1. The largest absolute Gasteiger partial charge is 0.482 e.